The van der Waals surface area contributed by atoms with Gasteiger partial charge in [-0.15, -0.1) is 0 Å². The van der Waals surface area contributed by atoms with E-state index in [1.54, 1.807) is 0 Å². The minimum Gasteiger partial charge on any atom is -0.390 e. The Hall–Kier alpha value is -0.0400. The zero-order chi connectivity index (χ0) is 9.12. The zero-order valence-corrected chi connectivity index (χ0v) is 8.44. The maximum Gasteiger partial charge on any atom is 0.0679 e. The number of hydrogen-bond donors (Lipinski definition) is 1. The molecule has 0 aromatic carbocycles. The molecule has 0 aromatic heterocycles. The molecule has 0 aliphatic carbocycles. The van der Waals surface area contributed by atoms with Gasteiger partial charge in [-0.05, 0) is 24.7 Å². The van der Waals surface area contributed by atoms with Gasteiger partial charge in [0.15, 0.2) is 0 Å². The molecule has 0 saturated carbocycles. The second kappa shape index (κ2) is 3.57. The summed E-state index contributed by atoms with van der Waals surface area (Å²) in [7, 11) is 0. The van der Waals surface area contributed by atoms with Crippen LogP contribution in [-0.4, -0.2) is 10.7 Å². The van der Waals surface area contributed by atoms with Gasteiger partial charge in [0.1, 0.15) is 0 Å². The molecule has 1 radical (unpaired) electrons. The summed E-state index contributed by atoms with van der Waals surface area (Å²) in [6.07, 6.45) is 3.65. The second-order valence-electron chi connectivity index (χ2n) is 4.32. The van der Waals surface area contributed by atoms with Crippen LogP contribution in [0.2, 0.25) is 0 Å². The summed E-state index contributed by atoms with van der Waals surface area (Å²) in [4.78, 5) is 0. The van der Waals surface area contributed by atoms with Crippen LogP contribution in [0.1, 0.15) is 47.5 Å². The Bertz CT molecular complexity index is 107. The standard InChI is InChI=1S/C10H21O/c1-6-10(11,7-2)8-9(3,4)5/h8,11H,6-7H2,1-5H3. The van der Waals surface area contributed by atoms with Crippen molar-refractivity contribution in [3.8, 4) is 0 Å². The Morgan fingerprint density at radius 2 is 1.45 bits per heavy atom. The van der Waals surface area contributed by atoms with Crippen molar-refractivity contribution in [1.29, 1.82) is 0 Å². The summed E-state index contributed by atoms with van der Waals surface area (Å²) in [6, 6.07) is 0. The molecular weight excluding hydrogens is 136 g/mol. The first-order valence-electron chi connectivity index (χ1n) is 4.42. The van der Waals surface area contributed by atoms with Crippen molar-refractivity contribution in [2.24, 2.45) is 5.41 Å². The number of hydrogen-bond acceptors (Lipinski definition) is 1. The van der Waals surface area contributed by atoms with Crippen LogP contribution in [0.5, 0.6) is 0 Å². The van der Waals surface area contributed by atoms with Crippen molar-refractivity contribution in [3.05, 3.63) is 6.42 Å². The topological polar surface area (TPSA) is 20.2 Å². The summed E-state index contributed by atoms with van der Waals surface area (Å²) >= 11 is 0. The largest absolute Gasteiger partial charge is 0.390 e. The van der Waals surface area contributed by atoms with E-state index in [2.05, 4.69) is 20.8 Å². The van der Waals surface area contributed by atoms with E-state index >= 15 is 0 Å². The first-order chi connectivity index (χ1) is 4.83. The third-order valence-electron chi connectivity index (χ3n) is 1.93. The summed E-state index contributed by atoms with van der Waals surface area (Å²) in [5.74, 6) is 0. The predicted octanol–water partition coefficient (Wildman–Crippen LogP) is 2.79. The molecule has 0 rings (SSSR count). The average molecular weight is 157 g/mol. The molecule has 1 nitrogen and oxygen atoms in total. The van der Waals surface area contributed by atoms with E-state index in [-0.39, 0.29) is 5.41 Å². The molecule has 0 atom stereocenters. The molecule has 1 heteroatoms. The van der Waals surface area contributed by atoms with Crippen molar-refractivity contribution in [3.63, 3.8) is 0 Å². The lowest BCUT2D eigenvalue weighted by molar-refractivity contribution is 0.0463. The minimum absolute atomic E-state index is 0.112. The Balaban J connectivity index is 4.08. The van der Waals surface area contributed by atoms with Crippen LogP contribution in [0, 0.1) is 11.8 Å². The lowest BCUT2D eigenvalue weighted by Gasteiger charge is -2.32. The predicted molar refractivity (Wildman–Crippen MR) is 49.3 cm³/mol. The van der Waals surface area contributed by atoms with E-state index in [9.17, 15) is 5.11 Å². The van der Waals surface area contributed by atoms with E-state index in [1.165, 1.54) is 0 Å². The van der Waals surface area contributed by atoms with Gasteiger partial charge in [-0.1, -0.05) is 34.6 Å². The fourth-order valence-electron chi connectivity index (χ4n) is 1.26. The van der Waals surface area contributed by atoms with E-state index in [0.29, 0.717) is 0 Å². The number of rotatable bonds is 3. The van der Waals surface area contributed by atoms with Gasteiger partial charge in [0.05, 0.1) is 5.60 Å². The molecule has 0 heterocycles. The second-order valence-corrected chi connectivity index (χ2v) is 4.32. The van der Waals surface area contributed by atoms with Crippen molar-refractivity contribution in [1.82, 2.24) is 0 Å². The highest BCUT2D eigenvalue weighted by atomic mass is 16.3. The van der Waals surface area contributed by atoms with Gasteiger partial charge in [-0.3, -0.25) is 0 Å². The van der Waals surface area contributed by atoms with Crippen LogP contribution in [0.15, 0.2) is 0 Å². The smallest absolute Gasteiger partial charge is 0.0679 e. The van der Waals surface area contributed by atoms with Crippen molar-refractivity contribution < 1.29 is 5.11 Å². The number of aliphatic hydroxyl groups is 1. The van der Waals surface area contributed by atoms with E-state index in [0.717, 1.165) is 12.8 Å². The average Bonchev–Trinajstić information content (AvgIpc) is 1.84. The molecule has 67 valence electrons. The monoisotopic (exact) mass is 157 g/mol. The molecule has 0 amide bonds. The van der Waals surface area contributed by atoms with Gasteiger partial charge in [0.25, 0.3) is 0 Å². The van der Waals surface area contributed by atoms with E-state index in [4.69, 9.17) is 0 Å². The first-order valence-corrected chi connectivity index (χ1v) is 4.42. The molecule has 0 fully saturated rings. The zero-order valence-electron chi connectivity index (χ0n) is 8.44. The summed E-state index contributed by atoms with van der Waals surface area (Å²) in [6.45, 7) is 10.4. The Morgan fingerprint density at radius 1 is 1.09 bits per heavy atom. The molecule has 0 unspecified atom stereocenters. The van der Waals surface area contributed by atoms with Gasteiger partial charge in [-0.25, -0.2) is 0 Å². The van der Waals surface area contributed by atoms with Crippen LogP contribution in [-0.2, 0) is 0 Å². The summed E-state index contributed by atoms with van der Waals surface area (Å²) < 4.78 is 0. The Kier molecular flexibility index (Phi) is 3.56. The molecule has 1 N–H and O–H groups in total. The van der Waals surface area contributed by atoms with Gasteiger partial charge in [-0.2, -0.15) is 0 Å². The lowest BCUT2D eigenvalue weighted by atomic mass is 9.79. The van der Waals surface area contributed by atoms with Crippen LogP contribution >= 0.6 is 0 Å². The molecule has 0 saturated heterocycles. The maximum absolute atomic E-state index is 9.91. The molecule has 0 aromatic rings. The Morgan fingerprint density at radius 3 is 1.55 bits per heavy atom. The van der Waals surface area contributed by atoms with Crippen LogP contribution in [0.25, 0.3) is 0 Å². The first kappa shape index (κ1) is 11.0. The summed E-state index contributed by atoms with van der Waals surface area (Å²) in [5.41, 5.74) is -0.445. The quantitative estimate of drug-likeness (QED) is 0.668. The van der Waals surface area contributed by atoms with Gasteiger partial charge < -0.3 is 5.11 Å². The van der Waals surface area contributed by atoms with Gasteiger partial charge in [0.2, 0.25) is 0 Å². The van der Waals surface area contributed by atoms with E-state index in [1.807, 2.05) is 20.3 Å². The molecule has 0 bridgehead atoms. The minimum atomic E-state index is -0.557. The third kappa shape index (κ3) is 4.41. The highest BCUT2D eigenvalue weighted by molar-refractivity contribution is 4.98. The third-order valence-corrected chi connectivity index (χ3v) is 1.93. The maximum atomic E-state index is 9.91. The van der Waals surface area contributed by atoms with Crippen molar-refractivity contribution in [2.45, 2.75) is 53.1 Å². The van der Waals surface area contributed by atoms with Crippen LogP contribution in [0.3, 0.4) is 0 Å². The normalized spacial score (nSPS) is 13.6. The van der Waals surface area contributed by atoms with E-state index < -0.39 is 5.60 Å². The molecule has 0 aliphatic rings. The van der Waals surface area contributed by atoms with Crippen molar-refractivity contribution in [2.75, 3.05) is 0 Å². The highest BCUT2D eigenvalue weighted by Crippen LogP contribution is 2.30. The molecule has 0 aliphatic heterocycles. The highest BCUT2D eigenvalue weighted by Gasteiger charge is 2.28. The van der Waals surface area contributed by atoms with Gasteiger partial charge >= 0.3 is 0 Å². The molecule has 0 spiro atoms. The fourth-order valence-corrected chi connectivity index (χ4v) is 1.26. The van der Waals surface area contributed by atoms with Crippen LogP contribution in [0.4, 0.5) is 0 Å². The lowest BCUT2D eigenvalue weighted by Crippen LogP contribution is -2.33. The van der Waals surface area contributed by atoms with Crippen LogP contribution < -0.4 is 0 Å². The Labute approximate surface area is 70.8 Å². The van der Waals surface area contributed by atoms with Gasteiger partial charge in [0, 0.05) is 0 Å². The summed E-state index contributed by atoms with van der Waals surface area (Å²) in [5, 5.41) is 9.91. The SMILES string of the molecule is CCC(O)([CH]C(C)(C)C)CC. The molecule has 11 heavy (non-hydrogen) atoms. The van der Waals surface area contributed by atoms with Crippen molar-refractivity contribution >= 4 is 0 Å². The fraction of sp³-hybridized carbons (Fsp3) is 0.900. The molecular formula is C10H21O.